The highest BCUT2D eigenvalue weighted by molar-refractivity contribution is 6.02. The number of hydrogen-bond acceptors (Lipinski definition) is 6. The van der Waals surface area contributed by atoms with E-state index in [2.05, 4.69) is 10.6 Å². The molecule has 176 valence electrons. The Bertz CT molecular complexity index is 1040. The Labute approximate surface area is 193 Å². The van der Waals surface area contributed by atoms with Crippen LogP contribution in [-0.2, 0) is 4.74 Å². The minimum Gasteiger partial charge on any atom is -0.491 e. The number of nitrogens with one attached hydrogen (secondary N) is 2. The van der Waals surface area contributed by atoms with Crippen molar-refractivity contribution in [1.29, 1.82) is 0 Å². The van der Waals surface area contributed by atoms with Gasteiger partial charge >= 0.3 is 0 Å². The lowest BCUT2D eigenvalue weighted by molar-refractivity contribution is 0.0945. The minimum atomic E-state index is -0.308. The van der Waals surface area contributed by atoms with Crippen molar-refractivity contribution in [3.05, 3.63) is 58.7 Å². The molecule has 33 heavy (non-hydrogen) atoms. The van der Waals surface area contributed by atoms with Crippen molar-refractivity contribution in [2.45, 2.75) is 31.4 Å². The molecule has 1 heterocycles. The number of amides is 2. The number of benzene rings is 2. The van der Waals surface area contributed by atoms with Crippen molar-refractivity contribution in [2.24, 2.45) is 5.92 Å². The van der Waals surface area contributed by atoms with E-state index in [1.165, 1.54) is 0 Å². The van der Waals surface area contributed by atoms with E-state index >= 15 is 0 Å². The van der Waals surface area contributed by atoms with Crippen molar-refractivity contribution in [2.75, 3.05) is 34.0 Å². The molecule has 0 bridgehead atoms. The van der Waals surface area contributed by atoms with Crippen molar-refractivity contribution >= 4 is 11.8 Å². The van der Waals surface area contributed by atoms with Crippen molar-refractivity contribution < 1.29 is 28.9 Å². The molecule has 4 atom stereocenters. The van der Waals surface area contributed by atoms with Gasteiger partial charge in [-0.3, -0.25) is 9.59 Å². The number of carbonyl (C=O) groups is 2. The second kappa shape index (κ2) is 9.80. The first-order valence-electron chi connectivity index (χ1n) is 11.2. The molecule has 0 spiro atoms. The number of aliphatic hydroxyl groups is 1. The van der Waals surface area contributed by atoms with Crippen LogP contribution in [0.1, 0.15) is 51.1 Å². The van der Waals surface area contributed by atoms with Gasteiger partial charge in [-0.1, -0.05) is 12.1 Å². The third-order valence-electron chi connectivity index (χ3n) is 6.16. The Morgan fingerprint density at radius 1 is 1.21 bits per heavy atom. The van der Waals surface area contributed by atoms with Crippen LogP contribution in [0, 0.1) is 5.92 Å². The average molecular weight is 455 g/mol. The predicted molar refractivity (Wildman–Crippen MR) is 122 cm³/mol. The van der Waals surface area contributed by atoms with Gasteiger partial charge in [0.1, 0.15) is 24.2 Å². The second-order valence-corrected chi connectivity index (χ2v) is 8.50. The SMILES string of the molecule is CNC(=O)c1cc(C(=O)NC2C[C@H]2COC)cc2c1OC(C)[C@H]2c1cccc(OCCO)c1. The summed E-state index contributed by atoms with van der Waals surface area (Å²) in [6.45, 7) is 2.68. The maximum absolute atomic E-state index is 13.0. The van der Waals surface area contributed by atoms with Crippen LogP contribution in [0.5, 0.6) is 11.5 Å². The van der Waals surface area contributed by atoms with E-state index in [1.54, 1.807) is 20.2 Å². The Balaban J connectivity index is 1.69. The predicted octanol–water partition coefficient (Wildman–Crippen LogP) is 2.09. The Morgan fingerprint density at radius 2 is 2.03 bits per heavy atom. The molecule has 2 aliphatic rings. The van der Waals surface area contributed by atoms with Gasteiger partial charge in [-0.15, -0.1) is 0 Å². The molecule has 1 fully saturated rings. The van der Waals surface area contributed by atoms with Crippen LogP contribution in [-0.4, -0.2) is 63.0 Å². The van der Waals surface area contributed by atoms with Crippen LogP contribution < -0.4 is 20.1 Å². The van der Waals surface area contributed by atoms with Gasteiger partial charge in [0.25, 0.3) is 11.8 Å². The first kappa shape index (κ1) is 23.1. The van der Waals surface area contributed by atoms with Crippen molar-refractivity contribution in [1.82, 2.24) is 10.6 Å². The van der Waals surface area contributed by atoms with E-state index in [-0.39, 0.29) is 43.1 Å². The first-order chi connectivity index (χ1) is 16.0. The molecule has 0 aromatic heterocycles. The number of carbonyl (C=O) groups excluding carboxylic acids is 2. The van der Waals surface area contributed by atoms with Crippen molar-refractivity contribution in [3.8, 4) is 11.5 Å². The zero-order valence-electron chi connectivity index (χ0n) is 19.1. The van der Waals surface area contributed by atoms with Gasteiger partial charge in [0.05, 0.1) is 18.8 Å². The lowest BCUT2D eigenvalue weighted by Gasteiger charge is -2.17. The minimum absolute atomic E-state index is 0.0732. The summed E-state index contributed by atoms with van der Waals surface area (Å²) in [6.07, 6.45) is 0.639. The standard InChI is InChI=1S/C25H30N2O6/c1-14-22(15-5-4-6-18(9-15)32-8-7-28)19-10-16(11-20(23(19)33-14)25(30)26-2)24(29)27-21-12-17(21)13-31-3/h4-6,9-11,14,17,21-22,28H,7-8,12-13H2,1-3H3,(H,26,30)(H,27,29)/t14?,17-,21?,22-/m0/s1. The highest BCUT2D eigenvalue weighted by Gasteiger charge is 2.40. The highest BCUT2D eigenvalue weighted by Crippen LogP contribution is 2.45. The third kappa shape index (κ3) is 4.82. The molecule has 8 heteroatoms. The molecule has 1 saturated carbocycles. The van der Waals surface area contributed by atoms with Gasteiger partial charge in [0.15, 0.2) is 0 Å². The molecule has 0 saturated heterocycles. The maximum Gasteiger partial charge on any atom is 0.254 e. The Hall–Kier alpha value is -3.10. The zero-order valence-corrected chi connectivity index (χ0v) is 19.1. The fourth-order valence-electron chi connectivity index (χ4n) is 4.44. The lowest BCUT2D eigenvalue weighted by Crippen LogP contribution is -2.28. The normalized spacial score (nSPS) is 22.8. The fraction of sp³-hybridized carbons (Fsp3) is 0.440. The summed E-state index contributed by atoms with van der Waals surface area (Å²) >= 11 is 0. The molecule has 2 amide bonds. The number of fused-ring (bicyclic) bond motifs is 1. The van der Waals surface area contributed by atoms with E-state index in [0.29, 0.717) is 35.2 Å². The summed E-state index contributed by atoms with van der Waals surface area (Å²) in [7, 11) is 3.21. The third-order valence-corrected chi connectivity index (χ3v) is 6.16. The van der Waals surface area contributed by atoms with E-state index in [0.717, 1.165) is 17.5 Å². The zero-order chi connectivity index (χ0) is 23.5. The smallest absolute Gasteiger partial charge is 0.254 e. The first-order valence-corrected chi connectivity index (χ1v) is 11.2. The molecule has 3 N–H and O–H groups in total. The van der Waals surface area contributed by atoms with Gasteiger partial charge in [0.2, 0.25) is 0 Å². The number of methoxy groups -OCH3 is 1. The second-order valence-electron chi connectivity index (χ2n) is 8.50. The van der Waals surface area contributed by atoms with Gasteiger partial charge in [0, 0.05) is 43.2 Å². The van der Waals surface area contributed by atoms with E-state index in [1.807, 2.05) is 37.3 Å². The van der Waals surface area contributed by atoms with Gasteiger partial charge in [-0.05, 0) is 43.2 Å². The molecular formula is C25H30N2O6. The summed E-state index contributed by atoms with van der Waals surface area (Å²) in [6, 6.07) is 11.1. The largest absolute Gasteiger partial charge is 0.491 e. The van der Waals surface area contributed by atoms with Gasteiger partial charge in [-0.2, -0.15) is 0 Å². The Morgan fingerprint density at radius 3 is 2.76 bits per heavy atom. The fourth-order valence-corrected chi connectivity index (χ4v) is 4.44. The molecule has 8 nitrogen and oxygen atoms in total. The lowest BCUT2D eigenvalue weighted by atomic mass is 9.86. The molecular weight excluding hydrogens is 424 g/mol. The van der Waals surface area contributed by atoms with E-state index < -0.39 is 0 Å². The number of rotatable bonds is 9. The summed E-state index contributed by atoms with van der Waals surface area (Å²) in [4.78, 5) is 25.7. The highest BCUT2D eigenvalue weighted by atomic mass is 16.5. The molecule has 2 aromatic carbocycles. The number of ether oxygens (including phenoxy) is 3. The average Bonchev–Trinajstić information content (AvgIpc) is 3.45. The number of aliphatic hydroxyl groups excluding tert-OH is 1. The van der Waals surface area contributed by atoms with Crippen LogP contribution in [0.15, 0.2) is 36.4 Å². The topological polar surface area (TPSA) is 106 Å². The summed E-state index contributed by atoms with van der Waals surface area (Å²) in [5, 5.41) is 14.7. The van der Waals surface area contributed by atoms with Crippen LogP contribution in [0.25, 0.3) is 0 Å². The summed E-state index contributed by atoms with van der Waals surface area (Å²) < 4.78 is 16.9. The molecule has 2 aromatic rings. The monoisotopic (exact) mass is 454 g/mol. The molecule has 2 unspecified atom stereocenters. The van der Waals surface area contributed by atoms with Crippen LogP contribution in [0.3, 0.4) is 0 Å². The number of hydrogen-bond donors (Lipinski definition) is 3. The summed E-state index contributed by atoms with van der Waals surface area (Å²) in [5.74, 6) is 0.747. The molecule has 1 aliphatic heterocycles. The van der Waals surface area contributed by atoms with E-state index in [9.17, 15) is 9.59 Å². The van der Waals surface area contributed by atoms with Crippen molar-refractivity contribution in [3.63, 3.8) is 0 Å². The Kier molecular flexibility index (Phi) is 6.85. The maximum atomic E-state index is 13.0. The molecule has 0 radical (unpaired) electrons. The molecule has 4 rings (SSSR count). The van der Waals surface area contributed by atoms with Crippen LogP contribution in [0.2, 0.25) is 0 Å². The van der Waals surface area contributed by atoms with Gasteiger partial charge in [-0.25, -0.2) is 0 Å². The van der Waals surface area contributed by atoms with E-state index in [4.69, 9.17) is 19.3 Å². The quantitative estimate of drug-likeness (QED) is 0.536. The van der Waals surface area contributed by atoms with Crippen LogP contribution in [0.4, 0.5) is 0 Å². The van der Waals surface area contributed by atoms with Gasteiger partial charge < -0.3 is 30.0 Å². The summed E-state index contributed by atoms with van der Waals surface area (Å²) in [5.41, 5.74) is 2.49. The van der Waals surface area contributed by atoms with Crippen LogP contribution >= 0.6 is 0 Å². The molecule has 1 aliphatic carbocycles.